The fraction of sp³-hybridized carbons (Fsp3) is 0.214. The van der Waals surface area contributed by atoms with Gasteiger partial charge in [0.1, 0.15) is 4.90 Å². The molecule has 0 aliphatic heterocycles. The highest BCUT2D eigenvalue weighted by molar-refractivity contribution is 9.11. The number of hydrogen-bond donors (Lipinski definition) is 1. The van der Waals surface area contributed by atoms with Crippen LogP contribution in [0.15, 0.2) is 39.0 Å². The Labute approximate surface area is 152 Å². The summed E-state index contributed by atoms with van der Waals surface area (Å²) in [5.41, 5.74) is 0.241. The number of carbonyl (C=O) groups excluding carboxylic acids is 1. The van der Waals surface area contributed by atoms with Crippen molar-refractivity contribution >= 4 is 54.8 Å². The quantitative estimate of drug-likeness (QED) is 0.780. The average molecular weight is 438 g/mol. The maximum Gasteiger partial charge on any atom is 0.251 e. The molecule has 0 saturated carbocycles. The summed E-state index contributed by atoms with van der Waals surface area (Å²) < 4.78 is 26.5. The highest BCUT2D eigenvalue weighted by Gasteiger charge is 2.22. The summed E-state index contributed by atoms with van der Waals surface area (Å²) >= 11 is 10.8. The molecular weight excluding hydrogens is 424 g/mol. The van der Waals surface area contributed by atoms with E-state index < -0.39 is 10.0 Å². The lowest BCUT2D eigenvalue weighted by atomic mass is 10.2. The van der Waals surface area contributed by atoms with Crippen molar-refractivity contribution < 1.29 is 13.2 Å². The van der Waals surface area contributed by atoms with Crippen molar-refractivity contribution in [2.75, 3.05) is 14.1 Å². The van der Waals surface area contributed by atoms with Crippen LogP contribution in [0.1, 0.15) is 15.2 Å². The zero-order valence-corrected chi connectivity index (χ0v) is 16.3. The number of halogens is 2. The Morgan fingerprint density at radius 1 is 1.30 bits per heavy atom. The van der Waals surface area contributed by atoms with Gasteiger partial charge in [0.05, 0.1) is 15.4 Å². The molecule has 5 nitrogen and oxygen atoms in total. The van der Waals surface area contributed by atoms with E-state index in [-0.39, 0.29) is 21.4 Å². The fourth-order valence-corrected chi connectivity index (χ4v) is 4.57. The average Bonchev–Trinajstić information content (AvgIpc) is 2.90. The van der Waals surface area contributed by atoms with Crippen molar-refractivity contribution in [1.82, 2.24) is 9.62 Å². The summed E-state index contributed by atoms with van der Waals surface area (Å²) in [5, 5.41) is 2.84. The number of hydrogen-bond acceptors (Lipinski definition) is 4. The molecular formula is C14H14BrClN2O3S2. The molecule has 0 spiro atoms. The molecule has 0 radical (unpaired) electrons. The van der Waals surface area contributed by atoms with Crippen LogP contribution in [-0.2, 0) is 16.6 Å². The molecule has 9 heteroatoms. The molecule has 0 unspecified atom stereocenters. The first-order valence-corrected chi connectivity index (χ1v) is 9.89. The Morgan fingerprint density at radius 2 is 2.00 bits per heavy atom. The lowest BCUT2D eigenvalue weighted by molar-refractivity contribution is 0.0951. The molecule has 0 bridgehead atoms. The summed E-state index contributed by atoms with van der Waals surface area (Å²) in [4.78, 5) is 13.1. The van der Waals surface area contributed by atoms with Crippen LogP contribution in [-0.4, -0.2) is 32.7 Å². The van der Waals surface area contributed by atoms with Gasteiger partial charge in [-0.2, -0.15) is 0 Å². The Bertz CT molecular complexity index is 834. The van der Waals surface area contributed by atoms with Gasteiger partial charge in [0, 0.05) is 24.5 Å². The van der Waals surface area contributed by atoms with Gasteiger partial charge in [0.2, 0.25) is 10.0 Å². The fourth-order valence-electron chi connectivity index (χ4n) is 1.76. The standard InChI is InChI=1S/C14H14BrClN2O3S2/c1-18(2)23(20,21)12-7-9(3-5-11(12)16)14(19)17-8-10-4-6-13(15)22-10/h3-7H,8H2,1-2H3,(H,17,19). The first-order valence-electron chi connectivity index (χ1n) is 6.46. The van der Waals surface area contributed by atoms with E-state index in [1.165, 1.54) is 43.6 Å². The molecule has 1 heterocycles. The topological polar surface area (TPSA) is 66.5 Å². The minimum Gasteiger partial charge on any atom is -0.347 e. The van der Waals surface area contributed by atoms with Crippen molar-refractivity contribution in [3.05, 3.63) is 49.6 Å². The number of thiophene rings is 1. The van der Waals surface area contributed by atoms with Gasteiger partial charge in [0.15, 0.2) is 0 Å². The van der Waals surface area contributed by atoms with Crippen molar-refractivity contribution in [1.29, 1.82) is 0 Å². The first-order chi connectivity index (χ1) is 10.7. The van der Waals surface area contributed by atoms with E-state index in [4.69, 9.17) is 11.6 Å². The van der Waals surface area contributed by atoms with E-state index in [1.807, 2.05) is 12.1 Å². The van der Waals surface area contributed by atoms with Crippen molar-refractivity contribution in [3.8, 4) is 0 Å². The molecule has 0 aliphatic carbocycles. The van der Waals surface area contributed by atoms with Gasteiger partial charge in [-0.1, -0.05) is 11.6 Å². The van der Waals surface area contributed by atoms with Gasteiger partial charge < -0.3 is 5.32 Å². The third kappa shape index (κ3) is 4.33. The molecule has 2 rings (SSSR count). The Kier molecular flexibility index (Phi) is 5.85. The second-order valence-corrected chi connectivity index (χ2v) is 9.90. The summed E-state index contributed by atoms with van der Waals surface area (Å²) in [6.45, 7) is 0.369. The summed E-state index contributed by atoms with van der Waals surface area (Å²) in [7, 11) is -0.891. The molecule has 0 atom stereocenters. The van der Waals surface area contributed by atoms with Gasteiger partial charge in [-0.15, -0.1) is 11.3 Å². The molecule has 0 aliphatic rings. The summed E-state index contributed by atoms with van der Waals surface area (Å²) in [6, 6.07) is 8.00. The van der Waals surface area contributed by atoms with Crippen molar-refractivity contribution in [2.45, 2.75) is 11.4 Å². The van der Waals surface area contributed by atoms with Crippen LogP contribution in [0, 0.1) is 0 Å². The van der Waals surface area contributed by atoms with Crippen molar-refractivity contribution in [3.63, 3.8) is 0 Å². The van der Waals surface area contributed by atoms with Crippen molar-refractivity contribution in [2.24, 2.45) is 0 Å². The van der Waals surface area contributed by atoms with E-state index in [0.717, 1.165) is 13.0 Å². The third-order valence-corrected chi connectivity index (χ3v) is 6.92. The lowest BCUT2D eigenvalue weighted by Gasteiger charge is -2.13. The zero-order chi connectivity index (χ0) is 17.2. The van der Waals surface area contributed by atoms with Gasteiger partial charge >= 0.3 is 0 Å². The van der Waals surface area contributed by atoms with Crippen LogP contribution in [0.4, 0.5) is 0 Å². The number of rotatable bonds is 5. The number of nitrogens with zero attached hydrogens (tertiary/aromatic N) is 1. The highest BCUT2D eigenvalue weighted by atomic mass is 79.9. The molecule has 124 valence electrons. The Balaban J connectivity index is 2.21. The monoisotopic (exact) mass is 436 g/mol. The van der Waals surface area contributed by atoms with Gasteiger partial charge in [-0.05, 0) is 46.3 Å². The summed E-state index contributed by atoms with van der Waals surface area (Å²) in [5.74, 6) is -0.360. The number of carbonyl (C=O) groups is 1. The maximum atomic E-state index is 12.2. The largest absolute Gasteiger partial charge is 0.347 e. The third-order valence-electron chi connectivity index (χ3n) is 3.00. The minimum atomic E-state index is -3.71. The Hall–Kier alpha value is -0.930. The maximum absolute atomic E-state index is 12.2. The van der Waals surface area contributed by atoms with Gasteiger partial charge in [-0.3, -0.25) is 4.79 Å². The SMILES string of the molecule is CN(C)S(=O)(=O)c1cc(C(=O)NCc2ccc(Br)s2)ccc1Cl. The highest BCUT2D eigenvalue weighted by Crippen LogP contribution is 2.25. The zero-order valence-electron chi connectivity index (χ0n) is 12.3. The molecule has 23 heavy (non-hydrogen) atoms. The predicted molar refractivity (Wildman–Crippen MR) is 95.5 cm³/mol. The predicted octanol–water partition coefficient (Wildman–Crippen LogP) is 3.34. The van der Waals surface area contributed by atoms with E-state index >= 15 is 0 Å². The van der Waals surface area contributed by atoms with Gasteiger partial charge in [0.25, 0.3) is 5.91 Å². The second-order valence-electron chi connectivity index (χ2n) is 4.82. The first kappa shape index (κ1) is 18.4. The molecule has 0 saturated heterocycles. The molecule has 2 aromatic rings. The smallest absolute Gasteiger partial charge is 0.251 e. The molecule has 0 fully saturated rings. The van der Waals surface area contributed by atoms with E-state index in [9.17, 15) is 13.2 Å². The lowest BCUT2D eigenvalue weighted by Crippen LogP contribution is -2.25. The molecule has 1 aromatic carbocycles. The normalized spacial score (nSPS) is 11.7. The Morgan fingerprint density at radius 3 is 2.57 bits per heavy atom. The molecule has 1 amide bonds. The van der Waals surface area contributed by atoms with E-state index in [2.05, 4.69) is 21.2 Å². The summed E-state index contributed by atoms with van der Waals surface area (Å²) in [6.07, 6.45) is 0. The van der Waals surface area contributed by atoms with Gasteiger partial charge in [-0.25, -0.2) is 12.7 Å². The van der Waals surface area contributed by atoms with E-state index in [0.29, 0.717) is 6.54 Å². The van der Waals surface area contributed by atoms with Crippen LogP contribution < -0.4 is 5.32 Å². The molecule has 1 aromatic heterocycles. The minimum absolute atomic E-state index is 0.0810. The van der Waals surface area contributed by atoms with Crippen LogP contribution in [0.3, 0.4) is 0 Å². The van der Waals surface area contributed by atoms with Crippen LogP contribution in [0.5, 0.6) is 0 Å². The number of amides is 1. The van der Waals surface area contributed by atoms with E-state index in [1.54, 1.807) is 0 Å². The number of nitrogens with one attached hydrogen (secondary N) is 1. The number of sulfonamides is 1. The number of benzene rings is 1. The van der Waals surface area contributed by atoms with Crippen LogP contribution in [0.25, 0.3) is 0 Å². The molecule has 1 N–H and O–H groups in total. The second kappa shape index (κ2) is 7.31. The van der Waals surface area contributed by atoms with Crippen LogP contribution in [0.2, 0.25) is 5.02 Å². The van der Waals surface area contributed by atoms with Crippen LogP contribution >= 0.6 is 38.9 Å².